The zero-order valence-corrected chi connectivity index (χ0v) is 12.2. The molecule has 1 aliphatic heterocycles. The third kappa shape index (κ3) is 5.07. The highest BCUT2D eigenvalue weighted by atomic mass is 16.5. The molecule has 0 bridgehead atoms. The second-order valence-corrected chi connectivity index (χ2v) is 5.65. The summed E-state index contributed by atoms with van der Waals surface area (Å²) in [7, 11) is 0. The fraction of sp³-hybridized carbons (Fsp3) is 0.688. The lowest BCUT2D eigenvalue weighted by Gasteiger charge is -2.26. The van der Waals surface area contributed by atoms with E-state index in [4.69, 9.17) is 4.74 Å². The first-order chi connectivity index (χ1) is 8.50. The third-order valence-electron chi connectivity index (χ3n) is 3.62. The van der Waals surface area contributed by atoms with Crippen LogP contribution in [0.1, 0.15) is 53.4 Å². The molecule has 0 aromatic rings. The molecule has 2 atom stereocenters. The average molecular weight is 250 g/mol. The summed E-state index contributed by atoms with van der Waals surface area (Å²) in [5.74, 6) is 0.507. The number of carbonyl (C=O) groups excluding carboxylic acids is 1. The Labute approximate surface area is 111 Å². The van der Waals surface area contributed by atoms with E-state index in [1.54, 1.807) is 0 Å². The van der Waals surface area contributed by atoms with E-state index in [-0.39, 0.29) is 11.9 Å². The van der Waals surface area contributed by atoms with Gasteiger partial charge in [-0.25, -0.2) is 0 Å². The van der Waals surface area contributed by atoms with Crippen molar-refractivity contribution in [2.75, 3.05) is 6.61 Å². The monoisotopic (exact) mass is 250 g/mol. The molecular formula is C16H26O2. The molecule has 0 spiro atoms. The normalized spacial score (nSPS) is 24.7. The van der Waals surface area contributed by atoms with Crippen LogP contribution in [-0.2, 0) is 9.53 Å². The molecule has 102 valence electrons. The average Bonchev–Trinajstić information content (AvgIpc) is 2.27. The maximum Gasteiger partial charge on any atom is 0.309 e. The second kappa shape index (κ2) is 7.40. The highest BCUT2D eigenvalue weighted by Gasteiger charge is 2.29. The van der Waals surface area contributed by atoms with Gasteiger partial charge in [-0.2, -0.15) is 0 Å². The fourth-order valence-electron chi connectivity index (χ4n) is 2.23. The Bertz CT molecular complexity index is 335. The summed E-state index contributed by atoms with van der Waals surface area (Å²) in [5.41, 5.74) is 2.74. The summed E-state index contributed by atoms with van der Waals surface area (Å²) >= 11 is 0. The highest BCUT2D eigenvalue weighted by Crippen LogP contribution is 2.26. The number of cyclic esters (lactones) is 1. The van der Waals surface area contributed by atoms with E-state index >= 15 is 0 Å². The molecule has 0 aromatic heterocycles. The van der Waals surface area contributed by atoms with Crippen molar-refractivity contribution in [2.24, 2.45) is 11.8 Å². The largest absolute Gasteiger partial charge is 0.465 e. The Hall–Kier alpha value is -1.05. The first-order valence-electron chi connectivity index (χ1n) is 6.96. The number of hydrogen-bond acceptors (Lipinski definition) is 2. The molecule has 0 amide bonds. The van der Waals surface area contributed by atoms with Crippen LogP contribution in [0.3, 0.4) is 0 Å². The van der Waals surface area contributed by atoms with Gasteiger partial charge >= 0.3 is 5.97 Å². The van der Waals surface area contributed by atoms with Gasteiger partial charge in [0.15, 0.2) is 0 Å². The molecule has 0 N–H and O–H groups in total. The fourth-order valence-corrected chi connectivity index (χ4v) is 2.23. The lowest BCUT2D eigenvalue weighted by molar-refractivity contribution is -0.155. The smallest absolute Gasteiger partial charge is 0.309 e. The van der Waals surface area contributed by atoms with Gasteiger partial charge in [0.25, 0.3) is 0 Å². The highest BCUT2D eigenvalue weighted by molar-refractivity contribution is 5.73. The van der Waals surface area contributed by atoms with Crippen molar-refractivity contribution in [1.82, 2.24) is 0 Å². The van der Waals surface area contributed by atoms with Crippen molar-refractivity contribution < 1.29 is 9.53 Å². The van der Waals surface area contributed by atoms with E-state index in [0.29, 0.717) is 12.5 Å². The van der Waals surface area contributed by atoms with Crippen LogP contribution < -0.4 is 0 Å². The molecular weight excluding hydrogens is 224 g/mol. The predicted molar refractivity (Wildman–Crippen MR) is 75.3 cm³/mol. The predicted octanol–water partition coefficient (Wildman–Crippen LogP) is 4.27. The van der Waals surface area contributed by atoms with E-state index in [0.717, 1.165) is 25.7 Å². The zero-order chi connectivity index (χ0) is 13.5. The maximum atomic E-state index is 11.7. The Kier molecular flexibility index (Phi) is 6.17. The number of esters is 1. The van der Waals surface area contributed by atoms with Crippen molar-refractivity contribution in [1.29, 1.82) is 0 Å². The van der Waals surface area contributed by atoms with Gasteiger partial charge in [0.05, 0.1) is 12.5 Å². The Morgan fingerprint density at radius 1 is 1.33 bits per heavy atom. The first kappa shape index (κ1) is 15.0. The summed E-state index contributed by atoms with van der Waals surface area (Å²) in [6.07, 6.45) is 8.49. The Morgan fingerprint density at radius 2 is 2.06 bits per heavy atom. The number of carbonyl (C=O) groups is 1. The molecule has 1 rings (SSSR count). The molecule has 1 saturated heterocycles. The van der Waals surface area contributed by atoms with E-state index in [1.165, 1.54) is 11.1 Å². The van der Waals surface area contributed by atoms with Crippen LogP contribution in [-0.4, -0.2) is 12.6 Å². The van der Waals surface area contributed by atoms with E-state index in [2.05, 4.69) is 39.8 Å². The molecule has 18 heavy (non-hydrogen) atoms. The summed E-state index contributed by atoms with van der Waals surface area (Å²) in [4.78, 5) is 11.7. The molecule has 2 heteroatoms. The maximum absolute atomic E-state index is 11.7. The molecule has 0 aliphatic carbocycles. The van der Waals surface area contributed by atoms with Crippen molar-refractivity contribution in [2.45, 2.75) is 53.4 Å². The van der Waals surface area contributed by atoms with Gasteiger partial charge in [0.1, 0.15) is 0 Å². The van der Waals surface area contributed by atoms with Crippen LogP contribution in [0.5, 0.6) is 0 Å². The molecule has 0 radical (unpaired) electrons. The summed E-state index contributed by atoms with van der Waals surface area (Å²) in [6, 6.07) is 0. The minimum Gasteiger partial charge on any atom is -0.465 e. The van der Waals surface area contributed by atoms with Gasteiger partial charge in [-0.3, -0.25) is 4.79 Å². The van der Waals surface area contributed by atoms with Crippen LogP contribution >= 0.6 is 0 Å². The molecule has 0 aromatic carbocycles. The summed E-state index contributed by atoms with van der Waals surface area (Å²) in [6.45, 7) is 9.15. The zero-order valence-electron chi connectivity index (χ0n) is 12.2. The van der Waals surface area contributed by atoms with E-state index in [1.807, 2.05) is 0 Å². The summed E-state index contributed by atoms with van der Waals surface area (Å²) < 4.78 is 5.13. The van der Waals surface area contributed by atoms with Gasteiger partial charge in [-0.1, -0.05) is 30.2 Å². The minimum atomic E-state index is -0.0119. The second-order valence-electron chi connectivity index (χ2n) is 5.65. The van der Waals surface area contributed by atoms with Gasteiger partial charge in [0, 0.05) is 0 Å². The van der Waals surface area contributed by atoms with Crippen molar-refractivity contribution in [3.63, 3.8) is 0 Å². The first-order valence-corrected chi connectivity index (χ1v) is 6.96. The third-order valence-corrected chi connectivity index (χ3v) is 3.62. The quantitative estimate of drug-likeness (QED) is 0.538. The van der Waals surface area contributed by atoms with Gasteiger partial charge in [-0.15, -0.1) is 0 Å². The molecule has 0 unspecified atom stereocenters. The number of hydrogen-bond donors (Lipinski definition) is 0. The van der Waals surface area contributed by atoms with Crippen LogP contribution in [0.15, 0.2) is 23.3 Å². The Balaban J connectivity index is 2.41. The van der Waals surface area contributed by atoms with Crippen LogP contribution in [0, 0.1) is 11.8 Å². The summed E-state index contributed by atoms with van der Waals surface area (Å²) in [5, 5.41) is 0. The van der Waals surface area contributed by atoms with E-state index in [9.17, 15) is 4.79 Å². The minimum absolute atomic E-state index is 0.0119. The van der Waals surface area contributed by atoms with Crippen molar-refractivity contribution >= 4 is 5.97 Å². The van der Waals surface area contributed by atoms with Gasteiger partial charge in [-0.05, 0) is 52.4 Å². The number of allylic oxidation sites excluding steroid dienone is 4. The topological polar surface area (TPSA) is 26.3 Å². The lowest BCUT2D eigenvalue weighted by atomic mass is 9.86. The van der Waals surface area contributed by atoms with Crippen LogP contribution in [0.2, 0.25) is 0 Å². The van der Waals surface area contributed by atoms with Crippen LogP contribution in [0.4, 0.5) is 0 Å². The molecule has 1 fully saturated rings. The molecule has 1 aliphatic rings. The lowest BCUT2D eigenvalue weighted by Crippen LogP contribution is -2.30. The number of rotatable bonds is 5. The van der Waals surface area contributed by atoms with E-state index < -0.39 is 0 Å². The van der Waals surface area contributed by atoms with Crippen molar-refractivity contribution in [3.8, 4) is 0 Å². The van der Waals surface area contributed by atoms with Gasteiger partial charge < -0.3 is 4.74 Å². The van der Waals surface area contributed by atoms with Crippen LogP contribution in [0.25, 0.3) is 0 Å². The Morgan fingerprint density at radius 3 is 2.67 bits per heavy atom. The van der Waals surface area contributed by atoms with Gasteiger partial charge in [0.2, 0.25) is 0 Å². The standard InChI is InChI=1S/C16H26O2/c1-12(2)6-5-7-13(3)8-9-15-14(4)10-11-18-16(15)17/h6,8,14-15H,5,7,9-11H2,1-4H3/b13-8+/t14-,15+/m0/s1. The SMILES string of the molecule is CC(C)=CCC/C(C)=C/C[C@H]1C(=O)OCC[C@@H]1C. The van der Waals surface area contributed by atoms with Crippen molar-refractivity contribution in [3.05, 3.63) is 23.3 Å². The molecule has 1 heterocycles. The number of ether oxygens (including phenoxy) is 1. The molecule has 2 nitrogen and oxygen atoms in total. The molecule has 0 saturated carbocycles.